The van der Waals surface area contributed by atoms with Crippen LogP contribution in [0.4, 0.5) is 0 Å². The molecule has 0 spiro atoms. The van der Waals surface area contributed by atoms with E-state index in [1.54, 1.807) is 13.3 Å². The van der Waals surface area contributed by atoms with Crippen LogP contribution in [0.2, 0.25) is 0 Å². The lowest BCUT2D eigenvalue weighted by Crippen LogP contribution is -2.43. The van der Waals surface area contributed by atoms with E-state index in [-0.39, 0.29) is 5.92 Å². The number of nitrogens with zero attached hydrogens (tertiary/aromatic N) is 2. The Morgan fingerprint density at radius 3 is 2.68 bits per heavy atom. The molecule has 1 aromatic heterocycles. The zero-order chi connectivity index (χ0) is 14.3. The van der Waals surface area contributed by atoms with Crippen LogP contribution >= 0.6 is 0 Å². The second-order valence-electron chi connectivity index (χ2n) is 6.57. The maximum atomic E-state index is 11.2. The normalized spacial score (nSPS) is 30.3. The summed E-state index contributed by atoms with van der Waals surface area (Å²) in [4.78, 5) is 0. The summed E-state index contributed by atoms with van der Waals surface area (Å²) < 4.78 is 7.27. The van der Waals surface area contributed by atoms with Crippen molar-refractivity contribution in [2.24, 2.45) is 11.3 Å². The van der Waals surface area contributed by atoms with Crippen LogP contribution in [0.1, 0.15) is 52.7 Å². The van der Waals surface area contributed by atoms with Gasteiger partial charge < -0.3 is 9.84 Å². The first kappa shape index (κ1) is 14.4. The quantitative estimate of drug-likeness (QED) is 0.915. The van der Waals surface area contributed by atoms with Crippen molar-refractivity contribution in [2.45, 2.75) is 59.1 Å². The molecule has 19 heavy (non-hydrogen) atoms. The zero-order valence-electron chi connectivity index (χ0n) is 12.7. The molecule has 108 valence electrons. The van der Waals surface area contributed by atoms with Gasteiger partial charge in [0.25, 0.3) is 0 Å². The summed E-state index contributed by atoms with van der Waals surface area (Å²) in [5, 5.41) is 15.5. The van der Waals surface area contributed by atoms with Gasteiger partial charge in [0.1, 0.15) is 11.3 Å². The molecule has 1 aromatic rings. The maximum absolute atomic E-state index is 11.2. The number of aromatic nitrogens is 2. The van der Waals surface area contributed by atoms with Crippen molar-refractivity contribution in [3.05, 3.63) is 11.9 Å². The molecule has 2 unspecified atom stereocenters. The lowest BCUT2D eigenvalue weighted by Gasteiger charge is -2.45. The summed E-state index contributed by atoms with van der Waals surface area (Å²) in [6, 6.07) is 0. The predicted molar refractivity (Wildman–Crippen MR) is 75.1 cm³/mol. The Bertz CT molecular complexity index is 431. The van der Waals surface area contributed by atoms with Gasteiger partial charge in [-0.05, 0) is 37.5 Å². The highest BCUT2D eigenvalue weighted by Crippen LogP contribution is 2.50. The third kappa shape index (κ3) is 2.38. The molecule has 4 heteroatoms. The Morgan fingerprint density at radius 2 is 2.16 bits per heavy atom. The van der Waals surface area contributed by atoms with Gasteiger partial charge in [0.05, 0.1) is 13.3 Å². The van der Waals surface area contributed by atoms with E-state index in [2.05, 4.69) is 25.9 Å². The van der Waals surface area contributed by atoms with Gasteiger partial charge in [0.15, 0.2) is 5.75 Å². The molecule has 2 rings (SSSR count). The molecule has 1 N–H and O–H groups in total. The summed E-state index contributed by atoms with van der Waals surface area (Å²) in [5.74, 6) is 0.906. The third-order valence-corrected chi connectivity index (χ3v) is 4.59. The molecular weight excluding hydrogens is 240 g/mol. The largest absolute Gasteiger partial charge is 0.493 e. The molecule has 4 nitrogen and oxygen atoms in total. The molecule has 0 bridgehead atoms. The highest BCUT2D eigenvalue weighted by Gasteiger charge is 2.47. The van der Waals surface area contributed by atoms with E-state index >= 15 is 0 Å². The first-order valence-electron chi connectivity index (χ1n) is 7.16. The van der Waals surface area contributed by atoms with Crippen molar-refractivity contribution in [2.75, 3.05) is 7.11 Å². The van der Waals surface area contributed by atoms with Crippen molar-refractivity contribution in [1.29, 1.82) is 0 Å². The number of ether oxygens (including phenoxy) is 1. The summed E-state index contributed by atoms with van der Waals surface area (Å²) in [7, 11) is 1.64. The Labute approximate surface area is 115 Å². The minimum Gasteiger partial charge on any atom is -0.493 e. The van der Waals surface area contributed by atoms with Crippen molar-refractivity contribution >= 4 is 0 Å². The molecule has 1 aliphatic carbocycles. The summed E-state index contributed by atoms with van der Waals surface area (Å²) in [5.41, 5.74) is 0.323. The number of methoxy groups -OCH3 is 1. The Hall–Kier alpha value is -1.03. The van der Waals surface area contributed by atoms with Gasteiger partial charge >= 0.3 is 0 Å². The lowest BCUT2D eigenvalue weighted by atomic mass is 9.64. The van der Waals surface area contributed by atoms with Gasteiger partial charge in [-0.25, -0.2) is 0 Å². The molecule has 1 heterocycles. The van der Waals surface area contributed by atoms with Gasteiger partial charge in [-0.1, -0.05) is 20.8 Å². The third-order valence-electron chi connectivity index (χ3n) is 4.59. The maximum Gasteiger partial charge on any atom is 0.162 e. The van der Waals surface area contributed by atoms with Crippen LogP contribution in [0.15, 0.2) is 6.20 Å². The van der Waals surface area contributed by atoms with Crippen LogP contribution in [-0.2, 0) is 12.1 Å². The molecule has 0 aromatic carbocycles. The average Bonchev–Trinajstić information content (AvgIpc) is 2.77. The van der Waals surface area contributed by atoms with Gasteiger partial charge in [0, 0.05) is 6.54 Å². The minimum absolute atomic E-state index is 0.201. The van der Waals surface area contributed by atoms with Crippen LogP contribution in [0.3, 0.4) is 0 Å². The fraction of sp³-hybridized carbons (Fsp3) is 0.800. The number of hydrogen-bond donors (Lipinski definition) is 1. The fourth-order valence-corrected chi connectivity index (χ4v) is 3.42. The van der Waals surface area contributed by atoms with Gasteiger partial charge in [0.2, 0.25) is 0 Å². The molecule has 0 saturated heterocycles. The monoisotopic (exact) mass is 266 g/mol. The van der Waals surface area contributed by atoms with Crippen molar-refractivity contribution in [1.82, 2.24) is 9.78 Å². The van der Waals surface area contributed by atoms with E-state index in [4.69, 9.17) is 4.74 Å². The van der Waals surface area contributed by atoms with Crippen LogP contribution in [0.5, 0.6) is 5.75 Å². The van der Waals surface area contributed by atoms with Crippen molar-refractivity contribution in [3.8, 4) is 5.75 Å². The van der Waals surface area contributed by atoms with E-state index in [9.17, 15) is 5.11 Å². The molecule has 0 aliphatic heterocycles. The molecule has 1 saturated carbocycles. The summed E-state index contributed by atoms with van der Waals surface area (Å²) in [6.45, 7) is 9.47. The van der Waals surface area contributed by atoms with Crippen LogP contribution in [-0.4, -0.2) is 22.0 Å². The number of hydrogen-bond acceptors (Lipinski definition) is 3. The Balaban J connectivity index is 2.42. The predicted octanol–water partition coefficient (Wildman–Crippen LogP) is 2.95. The average molecular weight is 266 g/mol. The number of aliphatic hydroxyl groups is 1. The van der Waals surface area contributed by atoms with Crippen LogP contribution < -0.4 is 4.74 Å². The Kier molecular flexibility index (Phi) is 3.65. The van der Waals surface area contributed by atoms with Crippen molar-refractivity contribution in [3.63, 3.8) is 0 Å². The van der Waals surface area contributed by atoms with E-state index in [1.807, 2.05) is 11.6 Å². The minimum atomic E-state index is -0.826. The second kappa shape index (κ2) is 4.82. The van der Waals surface area contributed by atoms with Gasteiger partial charge in [-0.3, -0.25) is 4.68 Å². The molecule has 2 atom stereocenters. The number of rotatable bonds is 3. The number of aryl methyl sites for hydroxylation is 1. The lowest BCUT2D eigenvalue weighted by molar-refractivity contribution is -0.0840. The molecule has 1 aliphatic rings. The van der Waals surface area contributed by atoms with Crippen LogP contribution in [0.25, 0.3) is 0 Å². The molecule has 1 fully saturated rings. The Morgan fingerprint density at radius 1 is 1.47 bits per heavy atom. The summed E-state index contributed by atoms with van der Waals surface area (Å²) in [6.07, 6.45) is 4.51. The smallest absolute Gasteiger partial charge is 0.162 e. The molecular formula is C15H26N2O2. The zero-order valence-corrected chi connectivity index (χ0v) is 12.7. The molecule has 0 radical (unpaired) electrons. The first-order chi connectivity index (χ1) is 8.84. The van der Waals surface area contributed by atoms with E-state index in [1.165, 1.54) is 0 Å². The van der Waals surface area contributed by atoms with Gasteiger partial charge in [-0.15, -0.1) is 0 Å². The highest BCUT2D eigenvalue weighted by molar-refractivity contribution is 5.32. The molecule has 0 amide bonds. The topological polar surface area (TPSA) is 47.3 Å². The highest BCUT2D eigenvalue weighted by atomic mass is 16.5. The first-order valence-corrected chi connectivity index (χ1v) is 7.16. The van der Waals surface area contributed by atoms with Crippen molar-refractivity contribution < 1.29 is 9.84 Å². The van der Waals surface area contributed by atoms with E-state index in [0.717, 1.165) is 31.5 Å². The van der Waals surface area contributed by atoms with E-state index < -0.39 is 5.60 Å². The summed E-state index contributed by atoms with van der Waals surface area (Å²) >= 11 is 0. The van der Waals surface area contributed by atoms with Crippen LogP contribution in [0, 0.1) is 11.3 Å². The SMILES string of the molecule is CCn1ncc(OC)c1C1(O)CCC(C)(C)CC1C. The van der Waals surface area contributed by atoms with Gasteiger partial charge in [-0.2, -0.15) is 5.10 Å². The standard InChI is InChI=1S/C15H26N2O2/c1-6-17-13(12(19-5)10-16-17)15(18)8-7-14(3,4)9-11(15)2/h10-11,18H,6-9H2,1-5H3. The fourth-order valence-electron chi connectivity index (χ4n) is 3.42. The van der Waals surface area contributed by atoms with E-state index in [0.29, 0.717) is 11.2 Å². The second-order valence-corrected chi connectivity index (χ2v) is 6.57.